The van der Waals surface area contributed by atoms with Crippen LogP contribution in [0, 0.1) is 6.92 Å². The second-order valence-corrected chi connectivity index (χ2v) is 19.0. The maximum Gasteiger partial charge on any atom is 0.270 e. The van der Waals surface area contributed by atoms with Crippen LogP contribution in [0.3, 0.4) is 0 Å². The molecule has 10 nitrogen and oxygen atoms in total. The monoisotopic (exact) mass is 649 g/mol. The number of halogens is 2. The molecule has 3 aromatic heterocycles. The van der Waals surface area contributed by atoms with Gasteiger partial charge in [-0.25, -0.2) is 9.67 Å². The van der Waals surface area contributed by atoms with Gasteiger partial charge >= 0.3 is 0 Å². The number of aryl methyl sites for hydroxylation is 1. The second kappa shape index (κ2) is 15.8. The van der Waals surface area contributed by atoms with Crippen LogP contribution in [-0.4, -0.2) is 61.9 Å². The molecule has 0 saturated heterocycles. The van der Waals surface area contributed by atoms with Crippen molar-refractivity contribution in [2.75, 3.05) is 11.9 Å². The number of nitrogens with zero attached hydrogens (tertiary/aromatic N) is 5. The highest BCUT2D eigenvalue weighted by molar-refractivity contribution is 6.76. The summed E-state index contributed by atoms with van der Waals surface area (Å²) in [6.07, 6.45) is 5.49. The number of pyridine rings is 1. The van der Waals surface area contributed by atoms with Gasteiger partial charge < -0.3 is 15.4 Å². The zero-order valence-corrected chi connectivity index (χ0v) is 28.8. The molecule has 43 heavy (non-hydrogen) atoms. The molecule has 1 unspecified atom stereocenters. The van der Waals surface area contributed by atoms with Crippen LogP contribution in [-0.2, 0) is 22.7 Å². The van der Waals surface area contributed by atoms with Crippen molar-refractivity contribution in [3.63, 3.8) is 0 Å². The number of hydrogen-bond acceptors (Lipinski definition) is 6. The van der Waals surface area contributed by atoms with E-state index in [4.69, 9.17) is 33.0 Å². The van der Waals surface area contributed by atoms with Gasteiger partial charge in [-0.1, -0.05) is 26.6 Å². The number of ether oxygens (including phenoxy) is 1. The smallest absolute Gasteiger partial charge is 0.270 e. The predicted molar refractivity (Wildman–Crippen MR) is 176 cm³/mol. The Bertz CT molecular complexity index is 1350. The molecule has 3 heterocycles. The Morgan fingerprint density at radius 2 is 1.86 bits per heavy atom. The summed E-state index contributed by atoms with van der Waals surface area (Å²) < 4.78 is 9.50. The molecular formula is C30H45Cl2N7O3Si. The Balaban J connectivity index is 1.72. The van der Waals surface area contributed by atoms with Crippen molar-refractivity contribution in [2.45, 2.75) is 103 Å². The summed E-state index contributed by atoms with van der Waals surface area (Å²) in [5, 5.41) is 14.7. The zero-order valence-electron chi connectivity index (χ0n) is 26.3. The van der Waals surface area contributed by atoms with Crippen LogP contribution in [0.1, 0.15) is 68.0 Å². The summed E-state index contributed by atoms with van der Waals surface area (Å²) in [5.41, 5.74) is 4.27. The van der Waals surface area contributed by atoms with Gasteiger partial charge in [0.05, 0.1) is 5.69 Å². The van der Waals surface area contributed by atoms with E-state index < -0.39 is 19.0 Å². The fourth-order valence-electron chi connectivity index (χ4n) is 4.71. The lowest BCUT2D eigenvalue weighted by Gasteiger charge is -2.19. The van der Waals surface area contributed by atoms with Crippen LogP contribution in [0.2, 0.25) is 25.7 Å². The van der Waals surface area contributed by atoms with Crippen LogP contribution in [0.5, 0.6) is 0 Å². The van der Waals surface area contributed by atoms with Crippen molar-refractivity contribution >= 4 is 48.9 Å². The number of anilines is 1. The highest BCUT2D eigenvalue weighted by Crippen LogP contribution is 2.28. The van der Waals surface area contributed by atoms with Crippen molar-refractivity contribution in [2.24, 2.45) is 0 Å². The first kappa shape index (κ1) is 34.8. The minimum atomic E-state index is -1.17. The van der Waals surface area contributed by atoms with Gasteiger partial charge in [0.2, 0.25) is 5.91 Å². The Morgan fingerprint density at radius 3 is 2.47 bits per heavy atom. The van der Waals surface area contributed by atoms with Crippen LogP contribution < -0.4 is 10.6 Å². The summed E-state index contributed by atoms with van der Waals surface area (Å²) in [7, 11) is -1.17. The molecule has 3 rings (SSSR count). The topological polar surface area (TPSA) is 116 Å². The SMILES string of the molecule is CCc1c(-c2ccc(NC(=O)C(CCCC(Cl)Cl)NC(=O)c3ccnn3C(C)C)nc2)c(C)nn1COCC[Si](C)(C)C. The third-order valence-electron chi connectivity index (χ3n) is 7.01. The lowest BCUT2D eigenvalue weighted by molar-refractivity contribution is -0.118. The number of nitrogens with one attached hydrogen (secondary N) is 2. The molecule has 0 bridgehead atoms. The normalized spacial score (nSPS) is 12.6. The molecule has 13 heteroatoms. The van der Waals surface area contributed by atoms with Crippen LogP contribution >= 0.6 is 23.2 Å². The number of hydrogen-bond donors (Lipinski definition) is 2. The maximum absolute atomic E-state index is 13.3. The molecule has 0 aliphatic rings. The number of carbonyl (C=O) groups is 2. The lowest BCUT2D eigenvalue weighted by Crippen LogP contribution is -2.44. The largest absolute Gasteiger partial charge is 0.360 e. The molecule has 0 saturated carbocycles. The molecule has 2 N–H and O–H groups in total. The van der Waals surface area contributed by atoms with E-state index in [2.05, 4.69) is 47.3 Å². The summed E-state index contributed by atoms with van der Waals surface area (Å²) in [6, 6.07) is 5.59. The minimum Gasteiger partial charge on any atom is -0.360 e. The zero-order chi connectivity index (χ0) is 31.7. The van der Waals surface area contributed by atoms with Gasteiger partial charge in [-0.3, -0.25) is 14.3 Å². The second-order valence-electron chi connectivity index (χ2n) is 12.1. The maximum atomic E-state index is 13.3. The van der Waals surface area contributed by atoms with E-state index in [1.54, 1.807) is 29.2 Å². The fourth-order valence-corrected chi connectivity index (χ4v) is 5.78. The standard InChI is InChI=1S/C30H45Cl2N7O3Si/c1-8-24-28(21(4)37-38(24)19-42-16-17-43(5,6)7)22-12-13-27(33-18-22)36-29(40)23(10-9-11-26(31)32)35-30(41)25-14-15-34-39(25)20(2)3/h12-15,18,20,23,26H,8-11,16-17,19H2,1-7H3,(H,35,41)(H,33,36,40). The molecule has 1 atom stereocenters. The summed E-state index contributed by atoms with van der Waals surface area (Å²) >= 11 is 11.8. The summed E-state index contributed by atoms with van der Waals surface area (Å²) in [5.74, 6) is -0.379. The Labute approximate surface area is 265 Å². The lowest BCUT2D eigenvalue weighted by atomic mass is 10.0. The molecule has 2 amide bonds. The van der Waals surface area contributed by atoms with Gasteiger partial charge in [0, 0.05) is 49.9 Å². The first-order chi connectivity index (χ1) is 20.3. The van der Waals surface area contributed by atoms with E-state index in [1.165, 1.54) is 0 Å². The van der Waals surface area contributed by atoms with Crippen LogP contribution in [0.15, 0.2) is 30.6 Å². The third kappa shape index (κ3) is 10.2. The van der Waals surface area contributed by atoms with E-state index in [9.17, 15) is 9.59 Å². The average Bonchev–Trinajstić information content (AvgIpc) is 3.55. The van der Waals surface area contributed by atoms with Crippen molar-refractivity contribution < 1.29 is 14.3 Å². The molecular weight excluding hydrogens is 605 g/mol. The van der Waals surface area contributed by atoms with E-state index in [0.29, 0.717) is 37.5 Å². The van der Waals surface area contributed by atoms with Gasteiger partial charge in [-0.05, 0) is 70.7 Å². The number of alkyl halides is 2. The molecule has 0 fully saturated rings. The quantitative estimate of drug-likeness (QED) is 0.102. The van der Waals surface area contributed by atoms with Crippen molar-refractivity contribution in [1.29, 1.82) is 0 Å². The molecule has 0 spiro atoms. The molecule has 0 radical (unpaired) electrons. The van der Waals surface area contributed by atoms with E-state index >= 15 is 0 Å². The third-order valence-corrected chi connectivity index (χ3v) is 9.15. The molecule has 0 aromatic carbocycles. The van der Waals surface area contributed by atoms with Crippen molar-refractivity contribution in [1.82, 2.24) is 29.9 Å². The molecule has 3 aromatic rings. The van der Waals surface area contributed by atoms with Gasteiger partial charge in [-0.15, -0.1) is 23.2 Å². The first-order valence-electron chi connectivity index (χ1n) is 14.8. The predicted octanol–water partition coefficient (Wildman–Crippen LogP) is 6.62. The van der Waals surface area contributed by atoms with Gasteiger partial charge in [0.15, 0.2) is 0 Å². The summed E-state index contributed by atoms with van der Waals surface area (Å²) in [4.78, 5) is 30.4. The number of aromatic nitrogens is 5. The molecule has 0 aliphatic heterocycles. The van der Waals surface area contributed by atoms with E-state index in [1.807, 2.05) is 31.5 Å². The van der Waals surface area contributed by atoms with Crippen LogP contribution in [0.4, 0.5) is 5.82 Å². The van der Waals surface area contributed by atoms with Gasteiger partial charge in [0.25, 0.3) is 5.91 Å². The van der Waals surface area contributed by atoms with Gasteiger partial charge in [0.1, 0.15) is 29.1 Å². The Hall–Kier alpha value is -2.73. The number of rotatable bonds is 16. The average molecular weight is 651 g/mol. The van der Waals surface area contributed by atoms with E-state index in [-0.39, 0.29) is 17.9 Å². The minimum absolute atomic E-state index is 0.00884. The van der Waals surface area contributed by atoms with Gasteiger partial charge in [-0.2, -0.15) is 10.2 Å². The number of carbonyl (C=O) groups excluding carboxylic acids is 2. The molecule has 236 valence electrons. The van der Waals surface area contributed by atoms with E-state index in [0.717, 1.165) is 41.6 Å². The fraction of sp³-hybridized carbons (Fsp3) is 0.567. The van der Waals surface area contributed by atoms with Crippen molar-refractivity contribution in [3.8, 4) is 11.1 Å². The highest BCUT2D eigenvalue weighted by atomic mass is 35.5. The Kier molecular flexibility index (Phi) is 12.8. The molecule has 0 aliphatic carbocycles. The van der Waals surface area contributed by atoms with Crippen LogP contribution in [0.25, 0.3) is 11.1 Å². The van der Waals surface area contributed by atoms with Crippen molar-refractivity contribution in [3.05, 3.63) is 47.7 Å². The Morgan fingerprint density at radius 1 is 1.12 bits per heavy atom. The highest BCUT2D eigenvalue weighted by Gasteiger charge is 2.25. The number of amides is 2. The summed E-state index contributed by atoms with van der Waals surface area (Å²) in [6.45, 7) is 16.1. The first-order valence-corrected chi connectivity index (χ1v) is 19.4.